The summed E-state index contributed by atoms with van der Waals surface area (Å²) in [5.41, 5.74) is 2.58. The van der Waals surface area contributed by atoms with Gasteiger partial charge in [-0.1, -0.05) is 19.9 Å². The fraction of sp³-hybridized carbons (Fsp3) is 0.500. The molecule has 0 radical (unpaired) electrons. The minimum absolute atomic E-state index is 0.770. The number of benzene rings is 1. The standard InChI is InChI=1S/C12H18IN/c1-9(2)6-7-14-11-5-4-10(3)12(13)8-11/h4-5,8-9,14H,6-7H2,1-3H3. The fourth-order valence-corrected chi connectivity index (χ4v) is 1.72. The van der Waals surface area contributed by atoms with E-state index in [1.165, 1.54) is 21.2 Å². The third-order valence-electron chi connectivity index (χ3n) is 2.22. The molecule has 1 aromatic carbocycles. The van der Waals surface area contributed by atoms with Gasteiger partial charge in [0.2, 0.25) is 0 Å². The summed E-state index contributed by atoms with van der Waals surface area (Å²) in [5.74, 6) is 0.770. The van der Waals surface area contributed by atoms with Gasteiger partial charge in [-0.25, -0.2) is 0 Å². The first-order chi connectivity index (χ1) is 6.59. The molecule has 0 unspecified atom stereocenters. The summed E-state index contributed by atoms with van der Waals surface area (Å²) < 4.78 is 1.33. The van der Waals surface area contributed by atoms with Gasteiger partial charge in [-0.15, -0.1) is 0 Å². The predicted octanol–water partition coefficient (Wildman–Crippen LogP) is 4.06. The van der Waals surface area contributed by atoms with E-state index in [9.17, 15) is 0 Å². The van der Waals surface area contributed by atoms with E-state index in [-0.39, 0.29) is 0 Å². The van der Waals surface area contributed by atoms with Crippen LogP contribution >= 0.6 is 22.6 Å². The largest absolute Gasteiger partial charge is 0.385 e. The van der Waals surface area contributed by atoms with Crippen LogP contribution in [0.2, 0.25) is 0 Å². The molecule has 0 saturated heterocycles. The minimum atomic E-state index is 0.770. The van der Waals surface area contributed by atoms with Crippen molar-refractivity contribution in [2.75, 3.05) is 11.9 Å². The van der Waals surface area contributed by atoms with Crippen molar-refractivity contribution >= 4 is 28.3 Å². The molecule has 0 amide bonds. The molecule has 1 aromatic rings. The summed E-state index contributed by atoms with van der Waals surface area (Å²) in [5, 5.41) is 3.44. The number of hydrogen-bond donors (Lipinski definition) is 1. The van der Waals surface area contributed by atoms with Crippen LogP contribution in [0, 0.1) is 16.4 Å². The van der Waals surface area contributed by atoms with Crippen LogP contribution in [0.5, 0.6) is 0 Å². The summed E-state index contributed by atoms with van der Waals surface area (Å²) in [7, 11) is 0. The first-order valence-corrected chi connectivity index (χ1v) is 6.17. The zero-order chi connectivity index (χ0) is 10.6. The second kappa shape index (κ2) is 5.59. The molecular formula is C12H18IN. The molecule has 14 heavy (non-hydrogen) atoms. The van der Waals surface area contributed by atoms with Gasteiger partial charge in [-0.05, 0) is 59.5 Å². The Morgan fingerprint density at radius 1 is 1.36 bits per heavy atom. The van der Waals surface area contributed by atoms with E-state index < -0.39 is 0 Å². The second-order valence-electron chi connectivity index (χ2n) is 4.07. The van der Waals surface area contributed by atoms with E-state index in [4.69, 9.17) is 0 Å². The number of anilines is 1. The Bertz CT molecular complexity index is 294. The first-order valence-electron chi connectivity index (χ1n) is 5.09. The Hall–Kier alpha value is -0.250. The molecule has 0 aromatic heterocycles. The Morgan fingerprint density at radius 2 is 2.07 bits per heavy atom. The SMILES string of the molecule is Cc1ccc(NCCC(C)C)cc1I. The fourth-order valence-electron chi connectivity index (χ4n) is 1.21. The third kappa shape index (κ3) is 3.86. The molecule has 0 bridgehead atoms. The van der Waals surface area contributed by atoms with E-state index in [1.807, 2.05) is 0 Å². The second-order valence-corrected chi connectivity index (χ2v) is 5.24. The molecule has 0 fully saturated rings. The number of rotatable bonds is 4. The van der Waals surface area contributed by atoms with Gasteiger partial charge in [0.15, 0.2) is 0 Å². The van der Waals surface area contributed by atoms with Crippen molar-refractivity contribution in [1.29, 1.82) is 0 Å². The molecule has 1 rings (SSSR count). The molecule has 0 spiro atoms. The highest BCUT2D eigenvalue weighted by molar-refractivity contribution is 14.1. The number of aryl methyl sites for hydroxylation is 1. The van der Waals surface area contributed by atoms with Crippen LogP contribution in [-0.2, 0) is 0 Å². The van der Waals surface area contributed by atoms with Gasteiger partial charge in [0.1, 0.15) is 0 Å². The molecule has 0 aliphatic rings. The highest BCUT2D eigenvalue weighted by Gasteiger charge is 1.97. The van der Waals surface area contributed by atoms with E-state index in [1.54, 1.807) is 0 Å². The molecule has 1 nitrogen and oxygen atoms in total. The third-order valence-corrected chi connectivity index (χ3v) is 3.38. The van der Waals surface area contributed by atoms with E-state index >= 15 is 0 Å². The van der Waals surface area contributed by atoms with Crippen molar-refractivity contribution in [2.24, 2.45) is 5.92 Å². The highest BCUT2D eigenvalue weighted by Crippen LogP contribution is 2.17. The number of halogens is 1. The van der Waals surface area contributed by atoms with Crippen molar-refractivity contribution in [1.82, 2.24) is 0 Å². The summed E-state index contributed by atoms with van der Waals surface area (Å²) in [6.07, 6.45) is 1.23. The Balaban J connectivity index is 2.47. The molecule has 2 heteroatoms. The zero-order valence-corrected chi connectivity index (χ0v) is 11.3. The molecule has 0 aliphatic carbocycles. The van der Waals surface area contributed by atoms with Gasteiger partial charge >= 0.3 is 0 Å². The van der Waals surface area contributed by atoms with Crippen LogP contribution in [0.15, 0.2) is 18.2 Å². The lowest BCUT2D eigenvalue weighted by molar-refractivity contribution is 0.607. The van der Waals surface area contributed by atoms with Gasteiger partial charge in [0.25, 0.3) is 0 Å². The lowest BCUT2D eigenvalue weighted by atomic mass is 10.1. The van der Waals surface area contributed by atoms with Crippen molar-refractivity contribution in [3.8, 4) is 0 Å². The maximum Gasteiger partial charge on any atom is 0.0350 e. The Kier molecular flexibility index (Phi) is 4.72. The highest BCUT2D eigenvalue weighted by atomic mass is 127. The van der Waals surface area contributed by atoms with Gasteiger partial charge in [0, 0.05) is 15.8 Å². The molecule has 0 aliphatic heterocycles. The van der Waals surface area contributed by atoms with Gasteiger partial charge in [-0.3, -0.25) is 0 Å². The smallest absolute Gasteiger partial charge is 0.0350 e. The molecule has 0 atom stereocenters. The molecule has 0 saturated carbocycles. The normalized spacial score (nSPS) is 10.6. The van der Waals surface area contributed by atoms with Crippen LogP contribution < -0.4 is 5.32 Å². The van der Waals surface area contributed by atoms with E-state index in [0.717, 1.165) is 12.5 Å². The Labute approximate surface area is 100 Å². The average molecular weight is 303 g/mol. The summed E-state index contributed by atoms with van der Waals surface area (Å²) in [4.78, 5) is 0. The van der Waals surface area contributed by atoms with Crippen LogP contribution in [0.3, 0.4) is 0 Å². The maximum absolute atomic E-state index is 3.44. The predicted molar refractivity (Wildman–Crippen MR) is 71.8 cm³/mol. The van der Waals surface area contributed by atoms with Crippen molar-refractivity contribution in [3.63, 3.8) is 0 Å². The summed E-state index contributed by atoms with van der Waals surface area (Å²) in [6.45, 7) is 7.71. The van der Waals surface area contributed by atoms with Gasteiger partial charge < -0.3 is 5.32 Å². The maximum atomic E-state index is 3.44. The van der Waals surface area contributed by atoms with Crippen LogP contribution in [0.1, 0.15) is 25.8 Å². The van der Waals surface area contributed by atoms with Crippen molar-refractivity contribution in [3.05, 3.63) is 27.3 Å². The van der Waals surface area contributed by atoms with Crippen LogP contribution in [0.4, 0.5) is 5.69 Å². The lowest BCUT2D eigenvalue weighted by Crippen LogP contribution is -2.04. The average Bonchev–Trinajstić information content (AvgIpc) is 2.10. The van der Waals surface area contributed by atoms with E-state index in [2.05, 4.69) is 66.9 Å². The van der Waals surface area contributed by atoms with Crippen molar-refractivity contribution < 1.29 is 0 Å². The van der Waals surface area contributed by atoms with Gasteiger partial charge in [0.05, 0.1) is 0 Å². The topological polar surface area (TPSA) is 12.0 Å². The Morgan fingerprint density at radius 3 is 2.64 bits per heavy atom. The van der Waals surface area contributed by atoms with Gasteiger partial charge in [-0.2, -0.15) is 0 Å². The van der Waals surface area contributed by atoms with Crippen LogP contribution in [0.25, 0.3) is 0 Å². The molecular weight excluding hydrogens is 285 g/mol. The monoisotopic (exact) mass is 303 g/mol. The summed E-state index contributed by atoms with van der Waals surface area (Å²) in [6, 6.07) is 6.52. The molecule has 1 N–H and O–H groups in total. The zero-order valence-electron chi connectivity index (χ0n) is 9.10. The lowest BCUT2D eigenvalue weighted by Gasteiger charge is -2.09. The number of hydrogen-bond acceptors (Lipinski definition) is 1. The minimum Gasteiger partial charge on any atom is -0.385 e. The quantitative estimate of drug-likeness (QED) is 0.827. The first kappa shape index (κ1) is 11.8. The molecule has 78 valence electrons. The number of nitrogens with one attached hydrogen (secondary N) is 1. The van der Waals surface area contributed by atoms with Crippen molar-refractivity contribution in [2.45, 2.75) is 27.2 Å². The molecule has 0 heterocycles. The van der Waals surface area contributed by atoms with E-state index in [0.29, 0.717) is 0 Å². The van der Waals surface area contributed by atoms with Crippen LogP contribution in [-0.4, -0.2) is 6.54 Å². The summed E-state index contributed by atoms with van der Waals surface area (Å²) >= 11 is 2.38.